The maximum Gasteiger partial charge on any atom is 0 e. The summed E-state index contributed by atoms with van der Waals surface area (Å²) < 4.78 is 0. The Hall–Kier alpha value is 0.324. The van der Waals surface area contributed by atoms with E-state index in [0.717, 1.165) is 0 Å². The summed E-state index contributed by atoms with van der Waals surface area (Å²) in [7, 11) is 0. The van der Waals surface area contributed by atoms with Gasteiger partial charge in [0.15, 0.2) is 0 Å². The van der Waals surface area contributed by atoms with Gasteiger partial charge in [-0.2, -0.15) is 50.2 Å². The summed E-state index contributed by atoms with van der Waals surface area (Å²) in [4.78, 5) is 0. The molecular weight excluding hydrogens is 257 g/mol. The third-order valence-corrected chi connectivity index (χ3v) is 0.607. The summed E-state index contributed by atoms with van der Waals surface area (Å²) in [5, 5.41) is 0. The van der Waals surface area contributed by atoms with E-state index in [1.165, 1.54) is 6.42 Å². The molecule has 0 aliphatic rings. The third-order valence-electron chi connectivity index (χ3n) is 0.607. The van der Waals surface area contributed by atoms with E-state index < -0.39 is 0 Å². The van der Waals surface area contributed by atoms with Crippen molar-refractivity contribution in [2.45, 2.75) is 48.0 Å². The molecule has 0 unspecified atom stereocenters. The van der Waals surface area contributed by atoms with Gasteiger partial charge in [-0.25, -0.2) is 0 Å². The molecule has 0 fully saturated rings. The van der Waals surface area contributed by atoms with E-state index in [2.05, 4.69) is 19.9 Å². The molecule has 0 aliphatic heterocycles. The predicted octanol–water partition coefficient (Wildman–Crippen LogP) is 5.16. The Labute approximate surface area is 123 Å². The molecule has 0 atom stereocenters. The fraction of sp³-hybridized carbons (Fsp3) is 0.500. The number of hydrogen-bond acceptors (Lipinski definition) is 0. The molecule has 1 aromatic carbocycles. The third kappa shape index (κ3) is 54.4. The van der Waals surface area contributed by atoms with Crippen molar-refractivity contribution in [2.24, 2.45) is 0 Å². The Balaban J connectivity index is -0.0000000592. The first-order valence-electron chi connectivity index (χ1n) is 5.48. The first-order valence-corrected chi connectivity index (χ1v) is 5.48. The van der Waals surface area contributed by atoms with Crippen molar-refractivity contribution in [3.63, 3.8) is 0 Å². The Morgan fingerprint density at radius 1 is 0.933 bits per heavy atom. The maximum absolute atomic E-state index is 2.89. The first-order chi connectivity index (χ1) is 6.83. The molecule has 0 N–H and O–H groups in total. The van der Waals surface area contributed by atoms with Gasteiger partial charge in [-0.1, -0.05) is 34.1 Å². The quantitative estimate of drug-likeness (QED) is 0.577. The van der Waals surface area contributed by atoms with Crippen LogP contribution in [0.1, 0.15) is 48.0 Å². The smallest absolute Gasteiger partial charge is 0 e. The van der Waals surface area contributed by atoms with Crippen molar-refractivity contribution >= 4 is 0 Å². The first kappa shape index (κ1) is 24.5. The van der Waals surface area contributed by atoms with E-state index in [4.69, 9.17) is 0 Å². The van der Waals surface area contributed by atoms with Gasteiger partial charge in [-0.15, -0.1) is 0 Å². The Bertz CT molecular complexity index is 97.3. The minimum Gasteiger partial charge on any atom is -0.335 e. The molecular formula is C14H26Y-2. The molecule has 0 aromatic heterocycles. The number of benzene rings is 1. The van der Waals surface area contributed by atoms with E-state index in [1.54, 1.807) is 0 Å². The maximum atomic E-state index is 2.89. The van der Waals surface area contributed by atoms with Crippen LogP contribution in [0.4, 0.5) is 0 Å². The van der Waals surface area contributed by atoms with Crippen molar-refractivity contribution in [3.05, 3.63) is 42.8 Å². The SMILES string of the molecule is CC.CCC.C[CH-]C.[Y].[c-]1ccccc1. The minimum absolute atomic E-state index is 0. The van der Waals surface area contributed by atoms with Gasteiger partial charge in [0.1, 0.15) is 0 Å². The van der Waals surface area contributed by atoms with Gasteiger partial charge in [0.05, 0.1) is 0 Å². The average molecular weight is 283 g/mol. The summed E-state index contributed by atoms with van der Waals surface area (Å²) in [5.74, 6) is 0. The molecule has 0 saturated heterocycles. The Morgan fingerprint density at radius 2 is 1.20 bits per heavy atom. The summed E-state index contributed by atoms with van der Waals surface area (Å²) >= 11 is 0. The Kier molecular flexibility index (Phi) is 60.0. The molecule has 87 valence electrons. The molecule has 0 nitrogen and oxygen atoms in total. The van der Waals surface area contributed by atoms with Crippen LogP contribution in [0, 0.1) is 12.5 Å². The number of rotatable bonds is 0. The average Bonchev–Trinajstić information content (AvgIpc) is 2.26. The summed E-state index contributed by atoms with van der Waals surface area (Å²) in [6, 6.07) is 12.5. The van der Waals surface area contributed by atoms with Crippen molar-refractivity contribution in [3.8, 4) is 0 Å². The Morgan fingerprint density at radius 3 is 1.27 bits per heavy atom. The molecule has 0 heterocycles. The van der Waals surface area contributed by atoms with E-state index in [1.807, 2.05) is 64.4 Å². The second kappa shape index (κ2) is 36.7. The molecule has 1 radical (unpaired) electrons. The normalized spacial score (nSPS) is 6.00. The van der Waals surface area contributed by atoms with Crippen molar-refractivity contribution in [1.29, 1.82) is 0 Å². The second-order valence-electron chi connectivity index (χ2n) is 2.36. The summed E-state index contributed by atoms with van der Waals surface area (Å²) in [6.45, 7) is 12.2. The molecule has 15 heavy (non-hydrogen) atoms. The zero-order valence-electron chi connectivity index (χ0n) is 11.2. The molecule has 0 bridgehead atoms. The van der Waals surface area contributed by atoms with Gasteiger partial charge in [0.25, 0.3) is 0 Å². The van der Waals surface area contributed by atoms with Crippen LogP contribution >= 0.6 is 0 Å². The van der Waals surface area contributed by atoms with E-state index in [0.29, 0.717) is 0 Å². The van der Waals surface area contributed by atoms with Crippen LogP contribution in [0.3, 0.4) is 0 Å². The summed E-state index contributed by atoms with van der Waals surface area (Å²) in [6.07, 6.45) is 3.25. The van der Waals surface area contributed by atoms with E-state index in [9.17, 15) is 0 Å². The van der Waals surface area contributed by atoms with Crippen LogP contribution < -0.4 is 0 Å². The predicted molar refractivity (Wildman–Crippen MR) is 68.2 cm³/mol. The fourth-order valence-corrected chi connectivity index (χ4v) is 0.342. The number of hydrogen-bond donors (Lipinski definition) is 0. The molecule has 0 spiro atoms. The molecule has 1 heteroatoms. The van der Waals surface area contributed by atoms with E-state index >= 15 is 0 Å². The molecule has 0 amide bonds. The monoisotopic (exact) mass is 283 g/mol. The topological polar surface area (TPSA) is 0 Å². The van der Waals surface area contributed by atoms with Crippen LogP contribution in [0.5, 0.6) is 0 Å². The van der Waals surface area contributed by atoms with E-state index in [-0.39, 0.29) is 32.7 Å². The van der Waals surface area contributed by atoms with Crippen LogP contribution in [0.25, 0.3) is 0 Å². The molecule has 0 aliphatic carbocycles. The zero-order chi connectivity index (χ0) is 11.7. The standard InChI is InChI=1S/C6H5.C3H8.C3H7.C2H6.Y/c1-2-4-6-5-3-1;2*1-3-2;1-2;/h1-5H;3H2,1-2H3;3H,1-2H3;1-2H3;/q-1;;-1;;. The van der Waals surface area contributed by atoms with Gasteiger partial charge in [-0.3, -0.25) is 0 Å². The van der Waals surface area contributed by atoms with Crippen LogP contribution in [-0.4, -0.2) is 0 Å². The van der Waals surface area contributed by atoms with Gasteiger partial charge in [0, 0.05) is 32.7 Å². The zero-order valence-corrected chi connectivity index (χ0v) is 14.1. The largest absolute Gasteiger partial charge is 0.335 e. The van der Waals surface area contributed by atoms with Gasteiger partial charge in [-0.05, 0) is 0 Å². The fourth-order valence-electron chi connectivity index (χ4n) is 0.342. The summed E-state index contributed by atoms with van der Waals surface area (Å²) in [5.41, 5.74) is 0. The molecule has 1 aromatic rings. The molecule has 1 rings (SSSR count). The second-order valence-corrected chi connectivity index (χ2v) is 2.36. The van der Waals surface area contributed by atoms with Crippen molar-refractivity contribution in [2.75, 3.05) is 0 Å². The molecule has 0 saturated carbocycles. The van der Waals surface area contributed by atoms with Gasteiger partial charge >= 0.3 is 0 Å². The van der Waals surface area contributed by atoms with Gasteiger partial charge in [0.2, 0.25) is 0 Å². The van der Waals surface area contributed by atoms with Crippen LogP contribution in [0.2, 0.25) is 0 Å². The van der Waals surface area contributed by atoms with Crippen molar-refractivity contribution < 1.29 is 32.7 Å². The van der Waals surface area contributed by atoms with Crippen molar-refractivity contribution in [1.82, 2.24) is 0 Å². The van der Waals surface area contributed by atoms with Crippen LogP contribution in [0.15, 0.2) is 30.3 Å². The van der Waals surface area contributed by atoms with Crippen LogP contribution in [-0.2, 0) is 32.7 Å². The van der Waals surface area contributed by atoms with Gasteiger partial charge < -0.3 is 6.42 Å². The minimum atomic E-state index is 0.